The largest absolute Gasteiger partial charge is 0.489 e. The number of carbonyl (C=O) groups excluding carboxylic acids is 1. The smallest absolute Gasteiger partial charge is 0.322 e. The minimum absolute atomic E-state index is 0.165. The van der Waals surface area contributed by atoms with Crippen molar-refractivity contribution in [3.8, 4) is 5.75 Å². The molecule has 2 fully saturated rings. The van der Waals surface area contributed by atoms with Crippen LogP contribution in [0.25, 0.3) is 10.9 Å². The van der Waals surface area contributed by atoms with E-state index < -0.39 is 23.4 Å². The Balaban J connectivity index is 1.08. The number of ether oxygens (including phenoxy) is 1. The summed E-state index contributed by atoms with van der Waals surface area (Å²) < 4.78 is 34.0. The van der Waals surface area contributed by atoms with Gasteiger partial charge >= 0.3 is 6.03 Å². The second-order valence-electron chi connectivity index (χ2n) is 10.4. The number of halogens is 3. The molecule has 42 heavy (non-hydrogen) atoms. The predicted molar refractivity (Wildman–Crippen MR) is 159 cm³/mol. The molecule has 2 aromatic heterocycles. The molecule has 9 nitrogen and oxygen atoms in total. The Hall–Kier alpha value is -4.25. The van der Waals surface area contributed by atoms with E-state index in [1.165, 1.54) is 23.7 Å². The Morgan fingerprint density at radius 3 is 2.45 bits per heavy atom. The van der Waals surface area contributed by atoms with E-state index in [4.69, 9.17) is 16.3 Å². The third-order valence-corrected chi connectivity index (χ3v) is 7.89. The van der Waals surface area contributed by atoms with Crippen molar-refractivity contribution >= 4 is 51.5 Å². The Morgan fingerprint density at radius 2 is 1.71 bits per heavy atom. The fraction of sp³-hybridized carbons (Fsp3) is 0.333. The maximum absolute atomic E-state index is 13.9. The average molecular weight is 594 g/mol. The fourth-order valence-corrected chi connectivity index (χ4v) is 5.54. The van der Waals surface area contributed by atoms with Crippen LogP contribution in [0.3, 0.4) is 0 Å². The summed E-state index contributed by atoms with van der Waals surface area (Å²) in [6.45, 7) is 2.73. The van der Waals surface area contributed by atoms with Gasteiger partial charge in [0.05, 0.1) is 16.7 Å². The van der Waals surface area contributed by atoms with Gasteiger partial charge in [-0.3, -0.25) is 0 Å². The second-order valence-corrected chi connectivity index (χ2v) is 10.8. The molecule has 0 spiro atoms. The number of carbonyl (C=O) groups is 1. The highest BCUT2D eigenvalue weighted by Gasteiger charge is 2.26. The van der Waals surface area contributed by atoms with Crippen molar-refractivity contribution in [3.63, 3.8) is 0 Å². The van der Waals surface area contributed by atoms with Crippen molar-refractivity contribution in [2.24, 2.45) is 0 Å². The van der Waals surface area contributed by atoms with Gasteiger partial charge < -0.3 is 25.2 Å². The van der Waals surface area contributed by atoms with Crippen LogP contribution in [-0.4, -0.2) is 58.2 Å². The molecule has 2 aliphatic heterocycles. The molecular formula is C30H30ClF2N7O2. The van der Waals surface area contributed by atoms with E-state index >= 15 is 0 Å². The molecule has 0 aliphatic carbocycles. The zero-order chi connectivity index (χ0) is 29.1. The van der Waals surface area contributed by atoms with Gasteiger partial charge in [-0.05, 0) is 55.7 Å². The number of amides is 2. The molecular weight excluding hydrogens is 564 g/mol. The first-order chi connectivity index (χ1) is 20.4. The van der Waals surface area contributed by atoms with Crippen molar-refractivity contribution in [2.45, 2.75) is 38.2 Å². The van der Waals surface area contributed by atoms with Crippen molar-refractivity contribution in [1.29, 1.82) is 0 Å². The average Bonchev–Trinajstić information content (AvgIpc) is 3.01. The highest BCUT2D eigenvalue weighted by atomic mass is 35.5. The molecule has 4 aromatic rings. The molecule has 4 heterocycles. The number of aromatic nitrogens is 3. The summed E-state index contributed by atoms with van der Waals surface area (Å²) in [5, 5.41) is 6.99. The number of hydrogen-bond donors (Lipinski definition) is 2. The first-order valence-corrected chi connectivity index (χ1v) is 14.4. The lowest BCUT2D eigenvalue weighted by Crippen LogP contribution is -2.44. The number of rotatable bonds is 6. The van der Waals surface area contributed by atoms with Crippen LogP contribution in [0.1, 0.15) is 32.1 Å². The summed E-state index contributed by atoms with van der Waals surface area (Å²) in [7, 11) is 0. The lowest BCUT2D eigenvalue weighted by Gasteiger charge is -2.32. The van der Waals surface area contributed by atoms with Crippen LogP contribution in [-0.2, 0) is 0 Å². The number of para-hydroxylation sites is 1. The van der Waals surface area contributed by atoms with Crippen LogP contribution in [0, 0.1) is 11.6 Å². The van der Waals surface area contributed by atoms with Crippen molar-refractivity contribution in [1.82, 2.24) is 19.9 Å². The number of hydrogen-bond acceptors (Lipinski definition) is 7. The monoisotopic (exact) mass is 593 g/mol. The third-order valence-electron chi connectivity index (χ3n) is 7.60. The zero-order valence-electron chi connectivity index (χ0n) is 22.8. The molecule has 6 rings (SSSR count). The van der Waals surface area contributed by atoms with Crippen LogP contribution in [0.15, 0.2) is 55.0 Å². The Bertz CT molecular complexity index is 1570. The van der Waals surface area contributed by atoms with Crippen LogP contribution >= 0.6 is 11.6 Å². The Kier molecular flexibility index (Phi) is 8.18. The number of fused-ring (bicyclic) bond motifs is 1. The summed E-state index contributed by atoms with van der Waals surface area (Å²) in [5.41, 5.74) is 1.05. The molecule has 12 heteroatoms. The molecule has 0 radical (unpaired) electrons. The van der Waals surface area contributed by atoms with Gasteiger partial charge in [-0.1, -0.05) is 17.7 Å². The van der Waals surface area contributed by atoms with Gasteiger partial charge in [-0.25, -0.2) is 28.5 Å². The second kappa shape index (κ2) is 12.3. The first-order valence-electron chi connectivity index (χ1n) is 14.0. The highest BCUT2D eigenvalue weighted by Crippen LogP contribution is 2.33. The van der Waals surface area contributed by atoms with E-state index in [9.17, 15) is 13.6 Å². The maximum Gasteiger partial charge on any atom is 0.322 e. The molecule has 218 valence electrons. The first kappa shape index (κ1) is 27.9. The minimum atomic E-state index is -0.818. The lowest BCUT2D eigenvalue weighted by molar-refractivity contribution is 0.115. The summed E-state index contributed by atoms with van der Waals surface area (Å²) >= 11 is 6.60. The number of urea groups is 1. The molecule has 0 bridgehead atoms. The van der Waals surface area contributed by atoms with Crippen LogP contribution < -0.4 is 20.3 Å². The van der Waals surface area contributed by atoms with E-state index in [0.717, 1.165) is 60.5 Å². The summed E-state index contributed by atoms with van der Waals surface area (Å²) in [6, 6.07) is 10.4. The lowest BCUT2D eigenvalue weighted by atomic mass is 10.1. The van der Waals surface area contributed by atoms with E-state index in [0.29, 0.717) is 42.5 Å². The Morgan fingerprint density at radius 1 is 0.952 bits per heavy atom. The minimum Gasteiger partial charge on any atom is -0.489 e. The summed E-state index contributed by atoms with van der Waals surface area (Å²) in [5.74, 6) is 0.473. The van der Waals surface area contributed by atoms with E-state index in [1.807, 2.05) is 12.1 Å². The fourth-order valence-electron chi connectivity index (χ4n) is 5.31. The highest BCUT2D eigenvalue weighted by molar-refractivity contribution is 6.32. The zero-order valence-corrected chi connectivity index (χ0v) is 23.6. The van der Waals surface area contributed by atoms with Gasteiger partial charge in [0.2, 0.25) is 0 Å². The van der Waals surface area contributed by atoms with Gasteiger partial charge in [0.25, 0.3) is 0 Å². The molecule has 2 aliphatic rings. The standard InChI is InChI=1S/C30H30ClF2N7O2/c31-22-15-19(37-29-21-16-27(39-11-2-1-3-12-39)34-17-25(21)35-18-36-29)7-8-26(22)42-20-9-13-40(14-10-20)30(41)38-28-23(32)5-4-6-24(28)33/h4-8,15-18,20H,1-3,9-14H2,(H,38,41)(H,35,36,37). The third kappa shape index (κ3) is 6.15. The van der Waals surface area contributed by atoms with E-state index in [2.05, 4.69) is 30.5 Å². The van der Waals surface area contributed by atoms with E-state index in [1.54, 1.807) is 18.3 Å². The number of pyridine rings is 1. The number of likely N-dealkylation sites (tertiary alicyclic amines) is 1. The number of nitrogens with one attached hydrogen (secondary N) is 2. The van der Waals surface area contributed by atoms with E-state index in [-0.39, 0.29) is 6.10 Å². The molecule has 2 N–H and O–H groups in total. The molecule has 2 amide bonds. The normalized spacial score (nSPS) is 16.0. The maximum atomic E-state index is 13.9. The van der Waals surface area contributed by atoms with Crippen LogP contribution in [0.5, 0.6) is 5.75 Å². The molecule has 0 atom stereocenters. The summed E-state index contributed by atoms with van der Waals surface area (Å²) in [6.07, 6.45) is 7.78. The van der Waals surface area contributed by atoms with Crippen LogP contribution in [0.4, 0.5) is 36.6 Å². The molecule has 0 saturated carbocycles. The SMILES string of the molecule is O=C(Nc1c(F)cccc1F)N1CCC(Oc2ccc(Nc3ncnc4cnc(N5CCCCC5)cc34)cc2Cl)CC1. The van der Waals surface area contributed by atoms with Crippen molar-refractivity contribution in [2.75, 3.05) is 41.7 Å². The van der Waals surface area contributed by atoms with Gasteiger partial charge in [-0.2, -0.15) is 0 Å². The molecule has 2 aromatic carbocycles. The number of nitrogens with zero attached hydrogens (tertiary/aromatic N) is 5. The van der Waals surface area contributed by atoms with Gasteiger partial charge in [0.1, 0.15) is 47.1 Å². The number of anilines is 4. The quantitative estimate of drug-likeness (QED) is 0.255. The van der Waals surface area contributed by atoms with Crippen molar-refractivity contribution in [3.05, 3.63) is 71.6 Å². The van der Waals surface area contributed by atoms with Crippen LogP contribution in [0.2, 0.25) is 5.02 Å². The number of benzene rings is 2. The number of piperidine rings is 2. The molecule has 2 saturated heterocycles. The van der Waals surface area contributed by atoms with Crippen molar-refractivity contribution < 1.29 is 18.3 Å². The topological polar surface area (TPSA) is 95.5 Å². The summed E-state index contributed by atoms with van der Waals surface area (Å²) in [4.78, 5) is 29.8. The van der Waals surface area contributed by atoms with Gasteiger partial charge in [0.15, 0.2) is 0 Å². The van der Waals surface area contributed by atoms with Gasteiger partial charge in [-0.15, -0.1) is 0 Å². The predicted octanol–water partition coefficient (Wildman–Crippen LogP) is 6.77. The van der Waals surface area contributed by atoms with Gasteiger partial charge in [0, 0.05) is 50.1 Å². The molecule has 0 unspecified atom stereocenters. The Labute approximate surface area is 246 Å².